The summed E-state index contributed by atoms with van der Waals surface area (Å²) in [4.78, 5) is 12.0. The number of Topliss-reactive ketones (excluding diaryl/α,β-unsaturated/α-hetero) is 1. The average Bonchev–Trinajstić information content (AvgIpc) is 2.38. The molecule has 0 radical (unpaired) electrons. The molecule has 3 heteroatoms. The maximum absolute atomic E-state index is 12.0. The van der Waals surface area contributed by atoms with E-state index < -0.39 is 0 Å². The molecule has 2 N–H and O–H groups in total. The second-order valence-corrected chi connectivity index (χ2v) is 6.51. The molecule has 0 spiro atoms. The third kappa shape index (κ3) is 5.43. The van der Waals surface area contributed by atoms with Crippen LogP contribution in [0.15, 0.2) is 0 Å². The minimum absolute atomic E-state index is 0.374. The smallest absolute Gasteiger partial charge is 0.135 e. The van der Waals surface area contributed by atoms with Gasteiger partial charge in [-0.05, 0) is 44.4 Å². The van der Waals surface area contributed by atoms with Crippen LogP contribution in [-0.2, 0) is 4.79 Å². The molecule has 2 nitrogen and oxygen atoms in total. The van der Waals surface area contributed by atoms with Crippen LogP contribution < -0.4 is 5.14 Å². The molecule has 0 heterocycles. The molecule has 0 bridgehead atoms. The molecule has 17 heavy (non-hydrogen) atoms. The summed E-state index contributed by atoms with van der Waals surface area (Å²) in [7, 11) is 0. The van der Waals surface area contributed by atoms with Crippen molar-refractivity contribution in [1.29, 1.82) is 0 Å². The van der Waals surface area contributed by atoms with Crippen molar-refractivity contribution in [2.24, 2.45) is 17.0 Å². The minimum Gasteiger partial charge on any atom is -0.299 e. The first kappa shape index (κ1) is 15.0. The third-order valence-electron chi connectivity index (χ3n) is 4.15. The van der Waals surface area contributed by atoms with Gasteiger partial charge in [0, 0.05) is 17.6 Å². The number of hydrogen-bond acceptors (Lipinski definition) is 3. The predicted octanol–water partition coefficient (Wildman–Crippen LogP) is 3.94. The Hall–Kier alpha value is -0.0200. The van der Waals surface area contributed by atoms with Crippen molar-refractivity contribution >= 4 is 17.7 Å². The Bertz CT molecular complexity index is 224. The van der Waals surface area contributed by atoms with Gasteiger partial charge in [-0.2, -0.15) is 0 Å². The highest BCUT2D eigenvalue weighted by atomic mass is 32.2. The van der Waals surface area contributed by atoms with Crippen LogP contribution in [0.4, 0.5) is 0 Å². The highest BCUT2D eigenvalue weighted by Crippen LogP contribution is 2.32. The van der Waals surface area contributed by atoms with Crippen molar-refractivity contribution in [2.45, 2.75) is 70.5 Å². The van der Waals surface area contributed by atoms with Crippen LogP contribution in [0.2, 0.25) is 0 Å². The maximum Gasteiger partial charge on any atom is 0.135 e. The van der Waals surface area contributed by atoms with Crippen LogP contribution >= 0.6 is 11.9 Å². The van der Waals surface area contributed by atoms with Crippen molar-refractivity contribution in [2.75, 3.05) is 0 Å². The molecule has 0 aromatic heterocycles. The van der Waals surface area contributed by atoms with E-state index in [2.05, 4.69) is 13.8 Å². The summed E-state index contributed by atoms with van der Waals surface area (Å²) in [5.74, 6) is 1.76. The Morgan fingerprint density at radius 2 is 2.00 bits per heavy atom. The fourth-order valence-electron chi connectivity index (χ4n) is 2.73. The molecule has 1 atom stereocenters. The molecule has 1 unspecified atom stereocenters. The molecule has 1 aliphatic rings. The first-order chi connectivity index (χ1) is 8.17. The summed E-state index contributed by atoms with van der Waals surface area (Å²) in [5.41, 5.74) is 0. The van der Waals surface area contributed by atoms with E-state index in [-0.39, 0.29) is 0 Å². The first-order valence-corrected chi connectivity index (χ1v) is 7.99. The van der Waals surface area contributed by atoms with E-state index in [4.69, 9.17) is 5.14 Å². The first-order valence-electron chi connectivity index (χ1n) is 7.05. The molecular formula is C14H27NOS. The number of carbonyl (C=O) groups is 1. The number of nitrogens with two attached hydrogens (primary N) is 1. The molecule has 0 saturated heterocycles. The highest BCUT2D eigenvalue weighted by Gasteiger charge is 2.24. The molecule has 0 amide bonds. The van der Waals surface area contributed by atoms with Gasteiger partial charge in [-0.15, -0.1) is 0 Å². The standard InChI is InChI=1S/C14H27NOS/c1-3-12-7-9-13(10-8-12)14(16)6-4-5-11(2)17-15/h11-13H,3-10,15H2,1-2H3. The van der Waals surface area contributed by atoms with Crippen molar-refractivity contribution in [3.63, 3.8) is 0 Å². The van der Waals surface area contributed by atoms with Crippen LogP contribution in [0.5, 0.6) is 0 Å². The number of carbonyl (C=O) groups excluding carboxylic acids is 1. The zero-order chi connectivity index (χ0) is 12.7. The minimum atomic E-state index is 0.374. The molecule has 0 aromatic rings. The normalized spacial score (nSPS) is 26.8. The van der Waals surface area contributed by atoms with E-state index >= 15 is 0 Å². The second kappa shape index (κ2) is 8.15. The second-order valence-electron chi connectivity index (χ2n) is 5.43. The zero-order valence-electron chi connectivity index (χ0n) is 11.3. The fourth-order valence-corrected chi connectivity index (χ4v) is 3.03. The lowest BCUT2D eigenvalue weighted by Crippen LogP contribution is -2.21. The van der Waals surface area contributed by atoms with E-state index in [0.717, 1.165) is 38.0 Å². The van der Waals surface area contributed by atoms with E-state index in [1.54, 1.807) is 0 Å². The van der Waals surface area contributed by atoms with Crippen LogP contribution in [0.3, 0.4) is 0 Å². The number of ketones is 1. The largest absolute Gasteiger partial charge is 0.299 e. The summed E-state index contributed by atoms with van der Waals surface area (Å²) < 4.78 is 0. The summed E-state index contributed by atoms with van der Waals surface area (Å²) in [6.07, 6.45) is 8.94. The monoisotopic (exact) mass is 257 g/mol. The summed E-state index contributed by atoms with van der Waals surface area (Å²) >= 11 is 1.40. The Morgan fingerprint density at radius 3 is 2.53 bits per heavy atom. The quantitative estimate of drug-likeness (QED) is 0.703. The van der Waals surface area contributed by atoms with Gasteiger partial charge in [0.25, 0.3) is 0 Å². The number of rotatable bonds is 7. The summed E-state index contributed by atoms with van der Waals surface area (Å²) in [6, 6.07) is 0. The average molecular weight is 257 g/mol. The van der Waals surface area contributed by atoms with Crippen LogP contribution in [0.25, 0.3) is 0 Å². The van der Waals surface area contributed by atoms with E-state index in [1.165, 1.54) is 31.2 Å². The molecule has 1 saturated carbocycles. The van der Waals surface area contributed by atoms with Gasteiger partial charge < -0.3 is 0 Å². The van der Waals surface area contributed by atoms with E-state index in [1.807, 2.05) is 0 Å². The summed E-state index contributed by atoms with van der Waals surface area (Å²) in [5, 5.41) is 5.98. The van der Waals surface area contributed by atoms with Gasteiger partial charge in [0.05, 0.1) is 0 Å². The predicted molar refractivity (Wildman–Crippen MR) is 75.8 cm³/mol. The van der Waals surface area contributed by atoms with Crippen molar-refractivity contribution in [3.05, 3.63) is 0 Å². The molecular weight excluding hydrogens is 230 g/mol. The fraction of sp³-hybridized carbons (Fsp3) is 0.929. The molecule has 100 valence electrons. The van der Waals surface area contributed by atoms with Crippen molar-refractivity contribution in [3.8, 4) is 0 Å². The van der Waals surface area contributed by atoms with Gasteiger partial charge in [-0.1, -0.05) is 32.2 Å². The van der Waals surface area contributed by atoms with Crippen LogP contribution in [0, 0.1) is 11.8 Å². The zero-order valence-corrected chi connectivity index (χ0v) is 12.1. The Balaban J connectivity index is 2.16. The topological polar surface area (TPSA) is 43.1 Å². The highest BCUT2D eigenvalue weighted by molar-refractivity contribution is 7.97. The van der Waals surface area contributed by atoms with E-state index in [0.29, 0.717) is 17.0 Å². The Kier molecular flexibility index (Phi) is 7.21. The Labute approximate surface area is 110 Å². The van der Waals surface area contributed by atoms with Crippen molar-refractivity contribution in [1.82, 2.24) is 0 Å². The maximum atomic E-state index is 12.0. The van der Waals surface area contributed by atoms with E-state index in [9.17, 15) is 4.79 Å². The van der Waals surface area contributed by atoms with Gasteiger partial charge in [0.1, 0.15) is 5.78 Å². The molecule has 1 fully saturated rings. The van der Waals surface area contributed by atoms with Gasteiger partial charge in [-0.25, -0.2) is 0 Å². The lowest BCUT2D eigenvalue weighted by molar-refractivity contribution is -0.124. The summed E-state index contributed by atoms with van der Waals surface area (Å²) in [6.45, 7) is 4.39. The molecule has 0 aliphatic heterocycles. The molecule has 1 rings (SSSR count). The SMILES string of the molecule is CCC1CCC(C(=O)CCCC(C)SN)CC1. The van der Waals surface area contributed by atoms with Gasteiger partial charge >= 0.3 is 0 Å². The van der Waals surface area contributed by atoms with Gasteiger partial charge in [0.2, 0.25) is 0 Å². The van der Waals surface area contributed by atoms with Gasteiger partial charge in [0.15, 0.2) is 0 Å². The molecule has 0 aromatic carbocycles. The molecule has 1 aliphatic carbocycles. The lowest BCUT2D eigenvalue weighted by atomic mass is 9.78. The van der Waals surface area contributed by atoms with Crippen LogP contribution in [0.1, 0.15) is 65.2 Å². The number of hydrogen-bond donors (Lipinski definition) is 1. The third-order valence-corrected chi connectivity index (χ3v) is 4.85. The lowest BCUT2D eigenvalue weighted by Gasteiger charge is -2.26. The van der Waals surface area contributed by atoms with Crippen LogP contribution in [-0.4, -0.2) is 11.0 Å². The van der Waals surface area contributed by atoms with Crippen molar-refractivity contribution < 1.29 is 4.79 Å². The Morgan fingerprint density at radius 1 is 1.35 bits per heavy atom. The van der Waals surface area contributed by atoms with Gasteiger partial charge in [-0.3, -0.25) is 9.93 Å².